The first-order chi connectivity index (χ1) is 22.8. The number of hydrogen-bond donors (Lipinski definition) is 1. The van der Waals surface area contributed by atoms with E-state index in [9.17, 15) is 14.7 Å². The number of carboxylic acid groups (broad SMARTS) is 1. The standard InChI is InChI=1S/C37H50ClN3O6/c1-45-23-26-19-41(21-33(26)31-13-6-27(38)18-35(31)39-16-14-25(15-17-39)37(43)44)36(42)34-22-40(28-7-11-30(47-3)12-8-28)20-32(34)24-4-9-29(46-2)10-5-24/h4-6,9-10,13,18,25-26,28,30,32-34H,7-8,11-12,14-17,19-23H2,1-3H3,(H,43,44)/t26-,28?,30?,32+,33+,34-/m1/s1. The number of ether oxygens (including phenoxy) is 3. The van der Waals surface area contributed by atoms with E-state index in [0.29, 0.717) is 62.8 Å². The lowest BCUT2D eigenvalue weighted by molar-refractivity contribution is -0.142. The van der Waals surface area contributed by atoms with Gasteiger partial charge < -0.3 is 29.1 Å². The highest BCUT2D eigenvalue weighted by atomic mass is 35.5. The van der Waals surface area contributed by atoms with Gasteiger partial charge in [-0.3, -0.25) is 14.5 Å². The lowest BCUT2D eigenvalue weighted by Crippen LogP contribution is -2.40. The number of aliphatic carboxylic acids is 1. The number of benzene rings is 2. The maximum atomic E-state index is 14.7. The lowest BCUT2D eigenvalue weighted by Gasteiger charge is -2.35. The average molecular weight is 668 g/mol. The molecule has 4 fully saturated rings. The number of nitrogens with zero attached hydrogens (tertiary/aromatic N) is 3. The number of carboxylic acids is 1. The number of amides is 1. The molecule has 3 saturated heterocycles. The molecule has 4 aliphatic rings. The van der Waals surface area contributed by atoms with Crippen molar-refractivity contribution < 1.29 is 28.9 Å². The SMILES string of the molecule is COC[C@H]1CN(C(=O)[C@@H]2CN(C3CCC(OC)CC3)C[C@H]2c2ccc(OC)cc2)C[C@@H]1c1ccc(Cl)cc1N1CCC(C(=O)O)CC1. The Kier molecular flexibility index (Phi) is 11.0. The molecular weight excluding hydrogens is 618 g/mol. The second-order valence-electron chi connectivity index (χ2n) is 14.0. The van der Waals surface area contributed by atoms with Crippen LogP contribution in [0.2, 0.25) is 5.02 Å². The van der Waals surface area contributed by atoms with Crippen LogP contribution in [-0.2, 0) is 19.1 Å². The Balaban J connectivity index is 1.24. The largest absolute Gasteiger partial charge is 0.497 e. The number of anilines is 1. The molecule has 10 heteroatoms. The number of carbonyl (C=O) groups is 2. The average Bonchev–Trinajstić information content (AvgIpc) is 3.74. The molecule has 0 radical (unpaired) electrons. The summed E-state index contributed by atoms with van der Waals surface area (Å²) in [5.74, 6) is 0.212. The van der Waals surface area contributed by atoms with E-state index in [1.807, 2.05) is 31.4 Å². The van der Waals surface area contributed by atoms with Gasteiger partial charge in [0.1, 0.15) is 5.75 Å². The molecule has 0 aromatic heterocycles. The minimum absolute atomic E-state index is 0.0876. The zero-order valence-corrected chi connectivity index (χ0v) is 28.7. The number of halogens is 1. The van der Waals surface area contributed by atoms with Gasteiger partial charge >= 0.3 is 5.97 Å². The first-order valence-electron chi connectivity index (χ1n) is 17.2. The number of methoxy groups -OCH3 is 3. The van der Waals surface area contributed by atoms with Crippen LogP contribution in [0.5, 0.6) is 5.75 Å². The number of likely N-dealkylation sites (tertiary alicyclic amines) is 2. The van der Waals surface area contributed by atoms with Crippen molar-refractivity contribution in [2.45, 2.75) is 62.5 Å². The van der Waals surface area contributed by atoms with E-state index in [-0.39, 0.29) is 35.5 Å². The predicted octanol–water partition coefficient (Wildman–Crippen LogP) is 5.51. The summed E-state index contributed by atoms with van der Waals surface area (Å²) in [7, 11) is 5.22. The predicted molar refractivity (Wildman–Crippen MR) is 183 cm³/mol. The van der Waals surface area contributed by atoms with Crippen molar-refractivity contribution in [3.05, 3.63) is 58.6 Å². The molecule has 2 aromatic rings. The van der Waals surface area contributed by atoms with Crippen LogP contribution >= 0.6 is 11.6 Å². The zero-order valence-electron chi connectivity index (χ0n) is 28.0. The molecule has 0 spiro atoms. The Labute approximate surface area is 284 Å². The molecule has 1 aliphatic carbocycles. The maximum absolute atomic E-state index is 14.7. The molecule has 2 aromatic carbocycles. The molecule has 0 bridgehead atoms. The van der Waals surface area contributed by atoms with E-state index >= 15 is 0 Å². The smallest absolute Gasteiger partial charge is 0.306 e. The van der Waals surface area contributed by atoms with Crippen LogP contribution in [0, 0.1) is 17.8 Å². The van der Waals surface area contributed by atoms with E-state index < -0.39 is 5.97 Å². The summed E-state index contributed by atoms with van der Waals surface area (Å²) >= 11 is 6.54. The molecule has 1 saturated carbocycles. The Morgan fingerprint density at radius 2 is 1.60 bits per heavy atom. The van der Waals surface area contributed by atoms with Gasteiger partial charge in [0.05, 0.1) is 31.7 Å². The van der Waals surface area contributed by atoms with Crippen LogP contribution in [0.4, 0.5) is 5.69 Å². The third kappa shape index (κ3) is 7.43. The Morgan fingerprint density at radius 1 is 0.872 bits per heavy atom. The van der Waals surface area contributed by atoms with Gasteiger partial charge in [-0.25, -0.2) is 0 Å². The fourth-order valence-corrected chi connectivity index (χ4v) is 8.88. The van der Waals surface area contributed by atoms with Crippen LogP contribution in [0.3, 0.4) is 0 Å². The molecule has 9 nitrogen and oxygen atoms in total. The monoisotopic (exact) mass is 667 g/mol. The van der Waals surface area contributed by atoms with Crippen LogP contribution in [0.25, 0.3) is 0 Å². The molecule has 0 unspecified atom stereocenters. The molecule has 3 aliphatic heterocycles. The third-order valence-corrected chi connectivity index (χ3v) is 11.6. The highest BCUT2D eigenvalue weighted by molar-refractivity contribution is 6.30. The van der Waals surface area contributed by atoms with Gasteiger partial charge in [0.25, 0.3) is 0 Å². The summed E-state index contributed by atoms with van der Waals surface area (Å²) < 4.78 is 16.8. The first-order valence-corrected chi connectivity index (χ1v) is 17.6. The molecular formula is C37H50ClN3O6. The number of piperidine rings is 1. The first kappa shape index (κ1) is 34.0. The fourth-order valence-electron chi connectivity index (χ4n) is 8.71. The second kappa shape index (κ2) is 15.1. The van der Waals surface area contributed by atoms with Crippen molar-refractivity contribution in [1.82, 2.24) is 9.80 Å². The van der Waals surface area contributed by atoms with Gasteiger partial charge in [-0.05, 0) is 73.9 Å². The van der Waals surface area contributed by atoms with Crippen molar-refractivity contribution in [2.75, 3.05) is 72.1 Å². The molecule has 47 heavy (non-hydrogen) atoms. The molecule has 1 N–H and O–H groups in total. The number of rotatable bonds is 10. The van der Waals surface area contributed by atoms with Gasteiger partial charge in [-0.2, -0.15) is 0 Å². The van der Waals surface area contributed by atoms with Gasteiger partial charge in [0.15, 0.2) is 0 Å². The molecule has 6 rings (SSSR count). The van der Waals surface area contributed by atoms with Gasteiger partial charge in [0.2, 0.25) is 5.91 Å². The number of carbonyl (C=O) groups excluding carboxylic acids is 1. The van der Waals surface area contributed by atoms with E-state index in [4.69, 9.17) is 25.8 Å². The van der Waals surface area contributed by atoms with Crippen LogP contribution in [0.1, 0.15) is 61.5 Å². The van der Waals surface area contributed by atoms with Crippen molar-refractivity contribution in [1.29, 1.82) is 0 Å². The molecule has 4 atom stereocenters. The van der Waals surface area contributed by atoms with Crippen LogP contribution in [0.15, 0.2) is 42.5 Å². The zero-order chi connectivity index (χ0) is 33.1. The summed E-state index contributed by atoms with van der Waals surface area (Å²) in [5, 5.41) is 10.2. The highest BCUT2D eigenvalue weighted by Gasteiger charge is 2.46. The van der Waals surface area contributed by atoms with Crippen LogP contribution < -0.4 is 9.64 Å². The lowest BCUT2D eigenvalue weighted by atomic mass is 9.87. The highest BCUT2D eigenvalue weighted by Crippen LogP contribution is 2.43. The fraction of sp³-hybridized carbons (Fsp3) is 0.622. The third-order valence-electron chi connectivity index (χ3n) is 11.4. The minimum atomic E-state index is -0.720. The van der Waals surface area contributed by atoms with Crippen molar-refractivity contribution >= 4 is 29.2 Å². The Bertz CT molecular complexity index is 1370. The topological polar surface area (TPSA) is 91.8 Å². The summed E-state index contributed by atoms with van der Waals surface area (Å²) in [6, 6.07) is 14.8. The summed E-state index contributed by atoms with van der Waals surface area (Å²) in [6.07, 6.45) is 5.87. The quantitative estimate of drug-likeness (QED) is 0.355. The van der Waals surface area contributed by atoms with Crippen molar-refractivity contribution in [3.8, 4) is 5.75 Å². The van der Waals surface area contributed by atoms with E-state index in [2.05, 4.69) is 32.9 Å². The van der Waals surface area contributed by atoms with Crippen molar-refractivity contribution in [2.24, 2.45) is 17.8 Å². The van der Waals surface area contributed by atoms with Gasteiger partial charge in [-0.1, -0.05) is 29.8 Å². The van der Waals surface area contributed by atoms with E-state index in [1.54, 1.807) is 14.2 Å². The van der Waals surface area contributed by atoms with Crippen LogP contribution in [-0.4, -0.2) is 106 Å². The van der Waals surface area contributed by atoms with E-state index in [0.717, 1.165) is 55.8 Å². The van der Waals surface area contributed by atoms with Crippen molar-refractivity contribution in [3.63, 3.8) is 0 Å². The molecule has 3 heterocycles. The number of hydrogen-bond acceptors (Lipinski definition) is 7. The minimum Gasteiger partial charge on any atom is -0.497 e. The second-order valence-corrected chi connectivity index (χ2v) is 14.4. The Hall–Kier alpha value is -2.85. The van der Waals surface area contributed by atoms with E-state index in [1.165, 1.54) is 5.56 Å². The summed E-state index contributed by atoms with van der Waals surface area (Å²) in [4.78, 5) is 33.2. The molecule has 256 valence electrons. The van der Waals surface area contributed by atoms with Gasteiger partial charge in [-0.15, -0.1) is 0 Å². The maximum Gasteiger partial charge on any atom is 0.306 e. The molecule has 1 amide bonds. The summed E-state index contributed by atoms with van der Waals surface area (Å²) in [6.45, 7) is 4.79. The van der Waals surface area contributed by atoms with Gasteiger partial charge in [0, 0.05) is 88.0 Å². The Morgan fingerprint density at radius 3 is 2.23 bits per heavy atom. The normalized spacial score (nSPS) is 28.9. The summed E-state index contributed by atoms with van der Waals surface area (Å²) in [5.41, 5.74) is 3.40.